The molecule has 4 heteroatoms. The van der Waals surface area contributed by atoms with Gasteiger partial charge in [0.25, 0.3) is 5.91 Å². The Labute approximate surface area is 154 Å². The Morgan fingerprint density at radius 3 is 2.73 bits per heavy atom. The molecule has 1 unspecified atom stereocenters. The van der Waals surface area contributed by atoms with Gasteiger partial charge in [-0.25, -0.2) is 0 Å². The molecule has 0 fully saturated rings. The van der Waals surface area contributed by atoms with Crippen LogP contribution in [0, 0.1) is 0 Å². The highest BCUT2D eigenvalue weighted by atomic mass is 16.2. The van der Waals surface area contributed by atoms with E-state index in [1.165, 1.54) is 11.1 Å². The van der Waals surface area contributed by atoms with Crippen LogP contribution in [0.2, 0.25) is 0 Å². The van der Waals surface area contributed by atoms with Crippen LogP contribution in [-0.4, -0.2) is 47.4 Å². The van der Waals surface area contributed by atoms with Crippen molar-refractivity contribution in [3.05, 3.63) is 77.5 Å². The van der Waals surface area contributed by atoms with Crippen molar-refractivity contribution in [1.82, 2.24) is 14.8 Å². The third kappa shape index (κ3) is 3.20. The van der Waals surface area contributed by atoms with Gasteiger partial charge in [0.05, 0.1) is 11.1 Å². The largest absolute Gasteiger partial charge is 0.340 e. The minimum atomic E-state index is 0.0236. The Kier molecular flexibility index (Phi) is 4.43. The summed E-state index contributed by atoms with van der Waals surface area (Å²) in [5, 5.41) is 0.996. The number of hydrogen-bond acceptors (Lipinski definition) is 3. The van der Waals surface area contributed by atoms with Crippen LogP contribution in [0.15, 0.2) is 60.8 Å². The van der Waals surface area contributed by atoms with E-state index in [1.807, 2.05) is 42.3 Å². The van der Waals surface area contributed by atoms with E-state index in [1.54, 1.807) is 6.20 Å². The highest BCUT2D eigenvalue weighted by Crippen LogP contribution is 2.23. The highest BCUT2D eigenvalue weighted by molar-refractivity contribution is 5.97. The number of likely N-dealkylation sites (N-methyl/N-ethyl adjacent to an activating group) is 2. The van der Waals surface area contributed by atoms with E-state index < -0.39 is 0 Å². The van der Waals surface area contributed by atoms with E-state index in [0.717, 1.165) is 23.9 Å². The summed E-state index contributed by atoms with van der Waals surface area (Å²) >= 11 is 0. The van der Waals surface area contributed by atoms with Crippen molar-refractivity contribution in [2.45, 2.75) is 19.0 Å². The van der Waals surface area contributed by atoms with Gasteiger partial charge in [-0.2, -0.15) is 0 Å². The summed E-state index contributed by atoms with van der Waals surface area (Å²) in [6, 6.07) is 18.7. The lowest BCUT2D eigenvalue weighted by atomic mass is 9.94. The van der Waals surface area contributed by atoms with Crippen LogP contribution in [0.3, 0.4) is 0 Å². The normalized spacial score (nSPS) is 17.1. The Morgan fingerprint density at radius 1 is 1.15 bits per heavy atom. The fourth-order valence-corrected chi connectivity index (χ4v) is 3.73. The van der Waals surface area contributed by atoms with Gasteiger partial charge in [-0.05, 0) is 36.7 Å². The first-order valence-electron chi connectivity index (χ1n) is 8.99. The molecule has 0 aliphatic carbocycles. The molecule has 1 aromatic heterocycles. The summed E-state index contributed by atoms with van der Waals surface area (Å²) in [4.78, 5) is 21.5. The highest BCUT2D eigenvalue weighted by Gasteiger charge is 2.26. The molecule has 0 saturated carbocycles. The number of carbonyl (C=O) groups excluding carboxylic acids is 1. The smallest absolute Gasteiger partial charge is 0.255 e. The zero-order valence-electron chi connectivity index (χ0n) is 15.2. The molecule has 0 radical (unpaired) electrons. The SMILES string of the molecule is CN(CC1Cc2ccccc2CN1C)C(=O)c1cnc2ccccc2c1. The lowest BCUT2D eigenvalue weighted by molar-refractivity contribution is 0.0733. The maximum absolute atomic E-state index is 12.9. The fourth-order valence-electron chi connectivity index (χ4n) is 3.73. The van der Waals surface area contributed by atoms with Crippen molar-refractivity contribution in [2.24, 2.45) is 0 Å². The number of rotatable bonds is 3. The van der Waals surface area contributed by atoms with E-state index in [2.05, 4.69) is 41.2 Å². The standard InChI is InChI=1S/C22H23N3O/c1-24-14-18-9-4-3-7-16(18)12-20(24)15-25(2)22(26)19-11-17-8-5-6-10-21(17)23-13-19/h3-11,13,20H,12,14-15H2,1-2H3. The minimum Gasteiger partial charge on any atom is -0.340 e. The van der Waals surface area contributed by atoms with E-state index in [-0.39, 0.29) is 5.91 Å². The number of para-hydroxylation sites is 1. The molecule has 2 aromatic carbocycles. The van der Waals surface area contributed by atoms with Crippen LogP contribution >= 0.6 is 0 Å². The van der Waals surface area contributed by atoms with Crippen molar-refractivity contribution < 1.29 is 4.79 Å². The maximum atomic E-state index is 12.9. The number of fused-ring (bicyclic) bond motifs is 2. The summed E-state index contributed by atoms with van der Waals surface area (Å²) in [5.41, 5.74) is 4.34. The molecule has 1 amide bonds. The van der Waals surface area contributed by atoms with Gasteiger partial charge in [-0.3, -0.25) is 14.7 Å². The van der Waals surface area contributed by atoms with Crippen molar-refractivity contribution >= 4 is 16.8 Å². The third-order valence-electron chi connectivity index (χ3n) is 5.29. The van der Waals surface area contributed by atoms with Gasteiger partial charge in [-0.1, -0.05) is 42.5 Å². The molecular formula is C22H23N3O. The first kappa shape index (κ1) is 16.7. The molecule has 0 spiro atoms. The zero-order valence-corrected chi connectivity index (χ0v) is 15.2. The number of pyridine rings is 1. The predicted octanol–water partition coefficient (Wildman–Crippen LogP) is 3.36. The van der Waals surface area contributed by atoms with Gasteiger partial charge < -0.3 is 4.90 Å². The van der Waals surface area contributed by atoms with E-state index in [9.17, 15) is 4.79 Å². The number of carbonyl (C=O) groups is 1. The molecule has 1 aliphatic rings. The van der Waals surface area contributed by atoms with Crippen LogP contribution in [0.1, 0.15) is 21.5 Å². The summed E-state index contributed by atoms with van der Waals surface area (Å²) in [6.07, 6.45) is 2.65. The van der Waals surface area contributed by atoms with Crippen LogP contribution in [0.25, 0.3) is 10.9 Å². The second kappa shape index (κ2) is 6.89. The van der Waals surface area contributed by atoms with E-state index in [4.69, 9.17) is 0 Å². The molecule has 132 valence electrons. The van der Waals surface area contributed by atoms with E-state index >= 15 is 0 Å². The Hall–Kier alpha value is -2.72. The molecule has 2 heterocycles. The van der Waals surface area contributed by atoms with Crippen LogP contribution in [0.4, 0.5) is 0 Å². The lowest BCUT2D eigenvalue weighted by Gasteiger charge is -2.36. The summed E-state index contributed by atoms with van der Waals surface area (Å²) in [5.74, 6) is 0.0236. The van der Waals surface area contributed by atoms with Gasteiger partial charge in [0, 0.05) is 37.8 Å². The van der Waals surface area contributed by atoms with Crippen LogP contribution in [0.5, 0.6) is 0 Å². The monoisotopic (exact) mass is 345 g/mol. The molecule has 1 atom stereocenters. The number of amides is 1. The average Bonchev–Trinajstić information content (AvgIpc) is 2.67. The maximum Gasteiger partial charge on any atom is 0.255 e. The van der Waals surface area contributed by atoms with Gasteiger partial charge in [-0.15, -0.1) is 0 Å². The molecule has 1 aliphatic heterocycles. The first-order chi connectivity index (χ1) is 12.6. The molecule has 0 N–H and O–H groups in total. The molecule has 0 saturated heterocycles. The quantitative estimate of drug-likeness (QED) is 0.730. The van der Waals surface area contributed by atoms with Gasteiger partial charge in [0.1, 0.15) is 0 Å². The average molecular weight is 345 g/mol. The van der Waals surface area contributed by atoms with Gasteiger partial charge in [0.2, 0.25) is 0 Å². The van der Waals surface area contributed by atoms with Crippen molar-refractivity contribution in [3.8, 4) is 0 Å². The third-order valence-corrected chi connectivity index (χ3v) is 5.29. The molecule has 0 bridgehead atoms. The Bertz CT molecular complexity index is 953. The number of aromatic nitrogens is 1. The zero-order chi connectivity index (χ0) is 18.1. The molecule has 26 heavy (non-hydrogen) atoms. The van der Waals surface area contributed by atoms with Gasteiger partial charge >= 0.3 is 0 Å². The number of benzene rings is 2. The molecule has 4 nitrogen and oxygen atoms in total. The fraction of sp³-hybridized carbons (Fsp3) is 0.273. The lowest BCUT2D eigenvalue weighted by Crippen LogP contribution is -2.46. The number of nitrogens with zero attached hydrogens (tertiary/aromatic N) is 3. The van der Waals surface area contributed by atoms with E-state index in [0.29, 0.717) is 18.2 Å². The van der Waals surface area contributed by atoms with Crippen LogP contribution < -0.4 is 0 Å². The summed E-state index contributed by atoms with van der Waals surface area (Å²) < 4.78 is 0. The Morgan fingerprint density at radius 2 is 1.88 bits per heavy atom. The molecule has 3 aromatic rings. The predicted molar refractivity (Wildman–Crippen MR) is 104 cm³/mol. The van der Waals surface area contributed by atoms with Crippen molar-refractivity contribution in [1.29, 1.82) is 0 Å². The second-order valence-electron chi connectivity index (χ2n) is 7.14. The van der Waals surface area contributed by atoms with Crippen molar-refractivity contribution in [3.63, 3.8) is 0 Å². The number of hydrogen-bond donors (Lipinski definition) is 0. The van der Waals surface area contributed by atoms with Gasteiger partial charge in [0.15, 0.2) is 0 Å². The topological polar surface area (TPSA) is 36.4 Å². The summed E-state index contributed by atoms with van der Waals surface area (Å²) in [7, 11) is 4.02. The first-order valence-corrected chi connectivity index (χ1v) is 8.99. The van der Waals surface area contributed by atoms with Crippen molar-refractivity contribution in [2.75, 3.05) is 20.6 Å². The molecular weight excluding hydrogens is 322 g/mol. The Balaban J connectivity index is 1.50. The summed E-state index contributed by atoms with van der Waals surface area (Å²) in [6.45, 7) is 1.64. The molecule has 4 rings (SSSR count). The second-order valence-corrected chi connectivity index (χ2v) is 7.14. The van der Waals surface area contributed by atoms with Crippen LogP contribution in [-0.2, 0) is 13.0 Å². The minimum absolute atomic E-state index is 0.0236.